The van der Waals surface area contributed by atoms with Crippen LogP contribution in [0.3, 0.4) is 0 Å². The van der Waals surface area contributed by atoms with E-state index in [1.165, 1.54) is 0 Å². The fourth-order valence-corrected chi connectivity index (χ4v) is 3.79. The van der Waals surface area contributed by atoms with Gasteiger partial charge in [-0.3, -0.25) is 9.36 Å². The smallest absolute Gasteiger partial charge is 0.262 e. The van der Waals surface area contributed by atoms with E-state index in [0.717, 1.165) is 22.0 Å². The molecule has 0 spiro atoms. The van der Waals surface area contributed by atoms with Gasteiger partial charge in [-0.2, -0.15) is 0 Å². The van der Waals surface area contributed by atoms with Gasteiger partial charge in [-0.25, -0.2) is 4.98 Å². The standard InChI is InChI=1S/C18H16Cl2N2OS/c1-2-24-18-21-16-6-4-3-5-14(16)17(23)22(18)10-9-12-7-8-13(19)11-15(12)20/h3-8,11H,2,9-10H2,1H3. The summed E-state index contributed by atoms with van der Waals surface area (Å²) in [4.78, 5) is 17.5. The van der Waals surface area contributed by atoms with E-state index in [1.807, 2.05) is 43.3 Å². The minimum Gasteiger partial charge on any atom is -0.287 e. The minimum atomic E-state index is -0.0124. The summed E-state index contributed by atoms with van der Waals surface area (Å²) in [5.74, 6) is 0.854. The van der Waals surface area contributed by atoms with E-state index >= 15 is 0 Å². The first kappa shape index (κ1) is 17.3. The third kappa shape index (κ3) is 3.61. The molecule has 0 atom stereocenters. The Labute approximate surface area is 154 Å². The van der Waals surface area contributed by atoms with E-state index in [-0.39, 0.29) is 5.56 Å². The van der Waals surface area contributed by atoms with E-state index in [9.17, 15) is 4.79 Å². The Kier molecular flexibility index (Phi) is 5.49. The molecule has 124 valence electrons. The van der Waals surface area contributed by atoms with E-state index < -0.39 is 0 Å². The number of rotatable bonds is 5. The van der Waals surface area contributed by atoms with Crippen LogP contribution in [0.4, 0.5) is 0 Å². The minimum absolute atomic E-state index is 0.0124. The van der Waals surface area contributed by atoms with Gasteiger partial charge in [-0.1, -0.05) is 60.1 Å². The van der Waals surface area contributed by atoms with E-state index in [0.29, 0.717) is 28.4 Å². The highest BCUT2D eigenvalue weighted by Crippen LogP contribution is 2.23. The fraction of sp³-hybridized carbons (Fsp3) is 0.222. The number of thioether (sulfide) groups is 1. The van der Waals surface area contributed by atoms with Crippen molar-refractivity contribution in [2.45, 2.75) is 25.0 Å². The summed E-state index contributed by atoms with van der Waals surface area (Å²) in [5.41, 5.74) is 1.69. The number of halogens is 2. The lowest BCUT2D eigenvalue weighted by molar-refractivity contribution is 0.595. The number of aromatic nitrogens is 2. The van der Waals surface area contributed by atoms with Crippen LogP contribution in [0.5, 0.6) is 0 Å². The summed E-state index contributed by atoms with van der Waals surface area (Å²) < 4.78 is 1.74. The molecule has 0 saturated carbocycles. The molecule has 24 heavy (non-hydrogen) atoms. The number of fused-ring (bicyclic) bond motifs is 1. The van der Waals surface area contributed by atoms with Crippen LogP contribution in [0.2, 0.25) is 10.0 Å². The summed E-state index contributed by atoms with van der Waals surface area (Å²) in [7, 11) is 0. The van der Waals surface area contributed by atoms with Crippen molar-refractivity contribution in [2.75, 3.05) is 5.75 Å². The molecule has 6 heteroatoms. The van der Waals surface area contributed by atoms with Gasteiger partial charge in [-0.15, -0.1) is 0 Å². The summed E-state index contributed by atoms with van der Waals surface area (Å²) in [6.45, 7) is 2.58. The Balaban J connectivity index is 1.99. The molecule has 0 amide bonds. The molecule has 3 nitrogen and oxygen atoms in total. The molecule has 0 aliphatic rings. The summed E-state index contributed by atoms with van der Waals surface area (Å²) in [6, 6.07) is 12.9. The van der Waals surface area contributed by atoms with Gasteiger partial charge < -0.3 is 0 Å². The Bertz CT molecular complexity index is 940. The quantitative estimate of drug-likeness (QED) is 0.459. The highest BCUT2D eigenvalue weighted by Gasteiger charge is 2.11. The second-order valence-electron chi connectivity index (χ2n) is 5.29. The number of aryl methyl sites for hydroxylation is 1. The van der Waals surface area contributed by atoms with Crippen LogP contribution in [0, 0.1) is 0 Å². The van der Waals surface area contributed by atoms with E-state index in [1.54, 1.807) is 22.4 Å². The van der Waals surface area contributed by atoms with Gasteiger partial charge in [0.25, 0.3) is 5.56 Å². The van der Waals surface area contributed by atoms with Gasteiger partial charge in [0.15, 0.2) is 5.16 Å². The summed E-state index contributed by atoms with van der Waals surface area (Å²) in [6.07, 6.45) is 0.646. The Morgan fingerprint density at radius 2 is 1.96 bits per heavy atom. The third-order valence-electron chi connectivity index (χ3n) is 3.72. The second-order valence-corrected chi connectivity index (χ2v) is 7.36. The van der Waals surface area contributed by atoms with Gasteiger partial charge in [0.1, 0.15) is 0 Å². The first-order chi connectivity index (χ1) is 11.6. The molecule has 2 aromatic carbocycles. The van der Waals surface area contributed by atoms with Crippen LogP contribution in [0.1, 0.15) is 12.5 Å². The monoisotopic (exact) mass is 378 g/mol. The van der Waals surface area contributed by atoms with Crippen molar-refractivity contribution in [1.29, 1.82) is 0 Å². The number of hydrogen-bond acceptors (Lipinski definition) is 3. The number of hydrogen-bond donors (Lipinski definition) is 0. The van der Waals surface area contributed by atoms with Crippen molar-refractivity contribution in [1.82, 2.24) is 9.55 Å². The number of nitrogens with zero attached hydrogens (tertiary/aromatic N) is 2. The topological polar surface area (TPSA) is 34.9 Å². The van der Waals surface area contributed by atoms with E-state index in [4.69, 9.17) is 23.2 Å². The summed E-state index contributed by atoms with van der Waals surface area (Å²) >= 11 is 13.7. The van der Waals surface area contributed by atoms with Gasteiger partial charge in [0.2, 0.25) is 0 Å². The Morgan fingerprint density at radius 3 is 2.71 bits per heavy atom. The maximum atomic E-state index is 12.8. The van der Waals surface area contributed by atoms with Crippen molar-refractivity contribution in [3.63, 3.8) is 0 Å². The molecule has 1 heterocycles. The zero-order valence-electron chi connectivity index (χ0n) is 13.1. The molecule has 0 bridgehead atoms. The van der Waals surface area contributed by atoms with Crippen molar-refractivity contribution < 1.29 is 0 Å². The van der Waals surface area contributed by atoms with Gasteiger partial charge in [0, 0.05) is 16.6 Å². The molecule has 0 fully saturated rings. The third-order valence-corrected chi connectivity index (χ3v) is 5.17. The molecular weight excluding hydrogens is 363 g/mol. The molecule has 0 aliphatic heterocycles. The summed E-state index contributed by atoms with van der Waals surface area (Å²) in [5, 5.41) is 2.61. The maximum absolute atomic E-state index is 12.8. The fourth-order valence-electron chi connectivity index (χ4n) is 2.54. The number of para-hydroxylation sites is 1. The molecular formula is C18H16Cl2N2OS. The lowest BCUT2D eigenvalue weighted by Gasteiger charge is -2.13. The Hall–Kier alpha value is -1.49. The Morgan fingerprint density at radius 1 is 1.17 bits per heavy atom. The van der Waals surface area contributed by atoms with Crippen molar-refractivity contribution in [2.24, 2.45) is 0 Å². The first-order valence-electron chi connectivity index (χ1n) is 7.66. The molecule has 0 N–H and O–H groups in total. The van der Waals surface area contributed by atoms with Gasteiger partial charge >= 0.3 is 0 Å². The van der Waals surface area contributed by atoms with Gasteiger partial charge in [-0.05, 0) is 42.0 Å². The maximum Gasteiger partial charge on any atom is 0.262 e. The van der Waals surface area contributed by atoms with Crippen LogP contribution in [0.25, 0.3) is 10.9 Å². The molecule has 0 unspecified atom stereocenters. The normalized spacial score (nSPS) is 11.1. The first-order valence-corrected chi connectivity index (χ1v) is 9.40. The van der Waals surface area contributed by atoms with Crippen LogP contribution in [-0.4, -0.2) is 15.3 Å². The molecule has 3 aromatic rings. The van der Waals surface area contributed by atoms with Crippen molar-refractivity contribution in [3.05, 3.63) is 68.4 Å². The second kappa shape index (κ2) is 7.60. The number of benzene rings is 2. The highest BCUT2D eigenvalue weighted by atomic mass is 35.5. The van der Waals surface area contributed by atoms with Gasteiger partial charge in [0.05, 0.1) is 10.9 Å². The zero-order valence-corrected chi connectivity index (χ0v) is 15.5. The van der Waals surface area contributed by atoms with Crippen LogP contribution in [0.15, 0.2) is 52.4 Å². The van der Waals surface area contributed by atoms with Crippen LogP contribution < -0.4 is 5.56 Å². The average Bonchev–Trinajstić information content (AvgIpc) is 2.56. The largest absolute Gasteiger partial charge is 0.287 e. The molecule has 0 aliphatic carbocycles. The van der Waals surface area contributed by atoms with Crippen LogP contribution >= 0.6 is 35.0 Å². The molecule has 3 rings (SSSR count). The zero-order chi connectivity index (χ0) is 17.1. The van der Waals surface area contributed by atoms with Crippen LogP contribution in [-0.2, 0) is 13.0 Å². The molecule has 1 aromatic heterocycles. The lowest BCUT2D eigenvalue weighted by Crippen LogP contribution is -2.24. The van der Waals surface area contributed by atoms with E-state index in [2.05, 4.69) is 4.98 Å². The predicted molar refractivity (Wildman–Crippen MR) is 103 cm³/mol. The van der Waals surface area contributed by atoms with Crippen molar-refractivity contribution >= 4 is 45.9 Å². The highest BCUT2D eigenvalue weighted by molar-refractivity contribution is 7.99. The van der Waals surface area contributed by atoms with Crippen molar-refractivity contribution in [3.8, 4) is 0 Å². The molecule has 0 radical (unpaired) electrons. The average molecular weight is 379 g/mol. The molecule has 0 saturated heterocycles. The SMILES string of the molecule is CCSc1nc2ccccc2c(=O)n1CCc1ccc(Cl)cc1Cl. The predicted octanol–water partition coefficient (Wildman–Crippen LogP) is 5.06. The lowest BCUT2D eigenvalue weighted by atomic mass is 10.1.